The maximum absolute atomic E-state index is 2.36. The molecular weight excluding hydrogens is 264 g/mol. The smallest absolute Gasteiger partial charge is 0.0318 e. The Morgan fingerprint density at radius 3 is 1.05 bits per heavy atom. The molecule has 0 spiro atoms. The Balaban J connectivity index is 3.93. The monoisotopic (exact) mass is 308 g/mol. The lowest BCUT2D eigenvalue weighted by Crippen LogP contribution is -1.93. The van der Waals surface area contributed by atoms with Crippen molar-refractivity contribution >= 4 is 0 Å². The summed E-state index contributed by atoms with van der Waals surface area (Å²) in [5.41, 5.74) is 3.60. The van der Waals surface area contributed by atoms with Crippen LogP contribution in [0.1, 0.15) is 130 Å². The molecule has 0 saturated carbocycles. The van der Waals surface area contributed by atoms with E-state index in [4.69, 9.17) is 0 Å². The van der Waals surface area contributed by atoms with Crippen molar-refractivity contribution in [2.24, 2.45) is 0 Å². The number of hydrogen-bond acceptors (Lipinski definition) is 0. The fraction of sp³-hybridized carbons (Fsp3) is 0.909. The number of unbranched alkanes of at least 4 members (excludes halogenated alkanes) is 10. The molecule has 0 N–H and O–H groups in total. The first-order chi connectivity index (χ1) is 10.8. The molecule has 0 saturated heterocycles. The van der Waals surface area contributed by atoms with Crippen LogP contribution in [0.3, 0.4) is 0 Å². The minimum Gasteiger partial charge on any atom is -0.0713 e. The lowest BCUT2D eigenvalue weighted by molar-refractivity contribution is 0.590. The molecule has 0 aromatic carbocycles. The highest BCUT2D eigenvalue weighted by molar-refractivity contribution is 5.13. The summed E-state index contributed by atoms with van der Waals surface area (Å²) in [5.74, 6) is 0. The van der Waals surface area contributed by atoms with E-state index in [2.05, 4.69) is 27.7 Å². The Morgan fingerprint density at radius 2 is 0.727 bits per heavy atom. The van der Waals surface area contributed by atoms with Gasteiger partial charge in [0, 0.05) is 0 Å². The van der Waals surface area contributed by atoms with Gasteiger partial charge in [-0.3, -0.25) is 0 Å². The van der Waals surface area contributed by atoms with Gasteiger partial charge in [0.2, 0.25) is 0 Å². The third-order valence-corrected chi connectivity index (χ3v) is 5.02. The molecule has 0 heterocycles. The number of rotatable bonds is 16. The normalized spacial score (nSPS) is 12.5. The van der Waals surface area contributed by atoms with Crippen molar-refractivity contribution in [3.8, 4) is 0 Å². The van der Waals surface area contributed by atoms with Gasteiger partial charge in [0.15, 0.2) is 0 Å². The van der Waals surface area contributed by atoms with Gasteiger partial charge >= 0.3 is 0 Å². The molecule has 0 aliphatic carbocycles. The van der Waals surface area contributed by atoms with Crippen molar-refractivity contribution in [2.75, 3.05) is 0 Å². The molecule has 0 bridgehead atoms. The van der Waals surface area contributed by atoms with Crippen molar-refractivity contribution < 1.29 is 0 Å². The standard InChI is InChI=1S/C22H44/c1-5-9-11-13-15-17-19-21(7-3)22(8-4)20-18-16-14-12-10-6-2/h5-20H2,1-4H3. The molecule has 0 fully saturated rings. The van der Waals surface area contributed by atoms with Crippen LogP contribution in [-0.4, -0.2) is 0 Å². The maximum atomic E-state index is 2.36. The highest BCUT2D eigenvalue weighted by atomic mass is 14.1. The zero-order valence-corrected chi connectivity index (χ0v) is 16.3. The fourth-order valence-corrected chi connectivity index (χ4v) is 3.44. The Kier molecular flexibility index (Phi) is 16.9. The van der Waals surface area contributed by atoms with Gasteiger partial charge in [-0.25, -0.2) is 0 Å². The molecule has 0 radical (unpaired) electrons. The minimum absolute atomic E-state index is 1.29. The van der Waals surface area contributed by atoms with Gasteiger partial charge in [-0.05, 0) is 38.5 Å². The van der Waals surface area contributed by atoms with Gasteiger partial charge in [-0.15, -0.1) is 0 Å². The van der Waals surface area contributed by atoms with E-state index >= 15 is 0 Å². The summed E-state index contributed by atoms with van der Waals surface area (Å²) in [4.78, 5) is 0. The maximum Gasteiger partial charge on any atom is -0.0318 e. The lowest BCUT2D eigenvalue weighted by Gasteiger charge is -2.13. The Bertz CT molecular complexity index is 223. The van der Waals surface area contributed by atoms with E-state index in [9.17, 15) is 0 Å². The zero-order valence-electron chi connectivity index (χ0n) is 16.3. The van der Waals surface area contributed by atoms with E-state index in [1.165, 1.54) is 103 Å². The van der Waals surface area contributed by atoms with Crippen LogP contribution in [-0.2, 0) is 0 Å². The third kappa shape index (κ3) is 12.3. The van der Waals surface area contributed by atoms with E-state index in [1.54, 1.807) is 11.1 Å². The van der Waals surface area contributed by atoms with Gasteiger partial charge in [-0.2, -0.15) is 0 Å². The molecule has 0 heteroatoms. The average Bonchev–Trinajstić information content (AvgIpc) is 2.54. The van der Waals surface area contributed by atoms with Crippen LogP contribution in [0.15, 0.2) is 11.1 Å². The Hall–Kier alpha value is -0.260. The molecular formula is C22H44. The van der Waals surface area contributed by atoms with E-state index < -0.39 is 0 Å². The molecule has 0 aromatic heterocycles. The van der Waals surface area contributed by atoms with E-state index in [-0.39, 0.29) is 0 Å². The van der Waals surface area contributed by atoms with Gasteiger partial charge in [-0.1, -0.05) is 103 Å². The van der Waals surface area contributed by atoms with E-state index in [0.29, 0.717) is 0 Å². The Morgan fingerprint density at radius 1 is 0.409 bits per heavy atom. The molecule has 0 aliphatic heterocycles. The van der Waals surface area contributed by atoms with Gasteiger partial charge in [0.25, 0.3) is 0 Å². The highest BCUT2D eigenvalue weighted by Gasteiger charge is 2.04. The van der Waals surface area contributed by atoms with Gasteiger partial charge in [0.05, 0.1) is 0 Å². The van der Waals surface area contributed by atoms with Crippen LogP contribution in [0.25, 0.3) is 0 Å². The van der Waals surface area contributed by atoms with Crippen LogP contribution in [0, 0.1) is 0 Å². The van der Waals surface area contributed by atoms with E-state index in [1.807, 2.05) is 0 Å². The highest BCUT2D eigenvalue weighted by Crippen LogP contribution is 2.24. The molecule has 0 rings (SSSR count). The molecule has 22 heavy (non-hydrogen) atoms. The second kappa shape index (κ2) is 17.1. The molecule has 0 atom stereocenters. The first-order valence-corrected chi connectivity index (χ1v) is 10.5. The summed E-state index contributed by atoms with van der Waals surface area (Å²) in [6.45, 7) is 9.33. The van der Waals surface area contributed by atoms with Crippen LogP contribution in [0.4, 0.5) is 0 Å². The summed E-state index contributed by atoms with van der Waals surface area (Å²) in [6, 6.07) is 0. The molecule has 0 aliphatic rings. The van der Waals surface area contributed by atoms with Crippen molar-refractivity contribution in [2.45, 2.75) is 130 Å². The van der Waals surface area contributed by atoms with Crippen LogP contribution in [0.5, 0.6) is 0 Å². The molecule has 0 nitrogen and oxygen atoms in total. The zero-order chi connectivity index (χ0) is 16.5. The fourth-order valence-electron chi connectivity index (χ4n) is 3.44. The quantitative estimate of drug-likeness (QED) is 0.198. The largest absolute Gasteiger partial charge is 0.0713 e. The summed E-state index contributed by atoms with van der Waals surface area (Å²) >= 11 is 0. The first-order valence-electron chi connectivity index (χ1n) is 10.5. The third-order valence-electron chi connectivity index (χ3n) is 5.02. The SMILES string of the molecule is CCCCCCCCC(CC)=C(CC)CCCCCCCC. The van der Waals surface area contributed by atoms with Gasteiger partial charge < -0.3 is 0 Å². The Labute approximate surface area is 142 Å². The summed E-state index contributed by atoms with van der Waals surface area (Å²) in [5, 5.41) is 0. The van der Waals surface area contributed by atoms with Crippen LogP contribution < -0.4 is 0 Å². The second-order valence-electron chi connectivity index (χ2n) is 6.95. The average molecular weight is 309 g/mol. The summed E-state index contributed by atoms with van der Waals surface area (Å²) in [7, 11) is 0. The molecule has 132 valence electrons. The predicted octanol–water partition coefficient (Wildman–Crippen LogP) is 8.60. The number of allylic oxidation sites excluding steroid dienone is 2. The second-order valence-corrected chi connectivity index (χ2v) is 6.95. The van der Waals surface area contributed by atoms with Crippen molar-refractivity contribution in [3.63, 3.8) is 0 Å². The molecule has 0 amide bonds. The summed E-state index contributed by atoms with van der Waals surface area (Å²) in [6.07, 6.45) is 22.4. The topological polar surface area (TPSA) is 0 Å². The van der Waals surface area contributed by atoms with Crippen molar-refractivity contribution in [1.82, 2.24) is 0 Å². The predicted molar refractivity (Wildman–Crippen MR) is 104 cm³/mol. The first kappa shape index (κ1) is 21.7. The molecule has 0 aromatic rings. The van der Waals surface area contributed by atoms with Crippen LogP contribution in [0.2, 0.25) is 0 Å². The minimum atomic E-state index is 1.29. The number of hydrogen-bond donors (Lipinski definition) is 0. The van der Waals surface area contributed by atoms with Crippen LogP contribution >= 0.6 is 0 Å². The lowest BCUT2D eigenvalue weighted by atomic mass is 9.93. The molecule has 0 unspecified atom stereocenters. The van der Waals surface area contributed by atoms with Crippen molar-refractivity contribution in [3.05, 3.63) is 11.1 Å². The van der Waals surface area contributed by atoms with E-state index in [0.717, 1.165) is 0 Å². The van der Waals surface area contributed by atoms with Crippen molar-refractivity contribution in [1.29, 1.82) is 0 Å². The van der Waals surface area contributed by atoms with Gasteiger partial charge in [0.1, 0.15) is 0 Å². The summed E-state index contributed by atoms with van der Waals surface area (Å²) < 4.78 is 0.